The maximum Gasteiger partial charge on any atom is 0.161 e. The van der Waals surface area contributed by atoms with Crippen LogP contribution >= 0.6 is 0 Å². The Balaban J connectivity index is 1.36. The molecule has 0 aliphatic carbocycles. The van der Waals surface area contributed by atoms with Crippen molar-refractivity contribution in [3.05, 3.63) is 101 Å². The van der Waals surface area contributed by atoms with Gasteiger partial charge in [0.05, 0.1) is 11.2 Å². The molecule has 0 unspecified atom stereocenters. The highest BCUT2D eigenvalue weighted by molar-refractivity contribution is 5.78. The first-order chi connectivity index (χ1) is 14.2. The zero-order chi connectivity index (χ0) is 19.8. The van der Waals surface area contributed by atoms with E-state index in [0.29, 0.717) is 23.9 Å². The van der Waals surface area contributed by atoms with Crippen LogP contribution < -0.4 is 4.74 Å². The van der Waals surface area contributed by atoms with Crippen molar-refractivity contribution in [2.75, 3.05) is 0 Å². The van der Waals surface area contributed by atoms with Gasteiger partial charge in [0.1, 0.15) is 12.4 Å². The van der Waals surface area contributed by atoms with E-state index in [1.165, 1.54) is 11.6 Å². The van der Waals surface area contributed by atoms with E-state index in [1.807, 2.05) is 24.4 Å². The Labute approximate surface area is 167 Å². The first kappa shape index (κ1) is 17.7. The number of rotatable bonds is 3. The van der Waals surface area contributed by atoms with Gasteiger partial charge >= 0.3 is 0 Å². The molecule has 0 saturated heterocycles. The first-order valence-corrected chi connectivity index (χ1v) is 9.58. The summed E-state index contributed by atoms with van der Waals surface area (Å²) in [6.45, 7) is 0.535. The number of ether oxygens (including phenoxy) is 1. The zero-order valence-electron chi connectivity index (χ0n) is 15.7. The van der Waals surface area contributed by atoms with Gasteiger partial charge in [0.2, 0.25) is 0 Å². The minimum atomic E-state index is -0.873. The van der Waals surface area contributed by atoms with E-state index in [-0.39, 0.29) is 0 Å². The number of nitrogens with zero attached hydrogens (tertiary/aromatic N) is 2. The van der Waals surface area contributed by atoms with Crippen LogP contribution in [0.4, 0.5) is 8.78 Å². The maximum atomic E-state index is 13.5. The topological polar surface area (TPSA) is 35.0 Å². The van der Waals surface area contributed by atoms with E-state index in [0.717, 1.165) is 47.2 Å². The summed E-state index contributed by atoms with van der Waals surface area (Å²) < 4.78 is 32.8. The van der Waals surface area contributed by atoms with Crippen LogP contribution in [0.2, 0.25) is 0 Å². The molecule has 5 rings (SSSR count). The van der Waals surface area contributed by atoms with Crippen LogP contribution in [-0.2, 0) is 25.9 Å². The van der Waals surface area contributed by atoms with E-state index in [9.17, 15) is 8.78 Å². The smallest absolute Gasteiger partial charge is 0.161 e. The molecule has 3 heterocycles. The van der Waals surface area contributed by atoms with Gasteiger partial charge in [-0.1, -0.05) is 24.3 Å². The van der Waals surface area contributed by atoms with E-state index >= 15 is 0 Å². The summed E-state index contributed by atoms with van der Waals surface area (Å²) in [4.78, 5) is 8.98. The molecule has 0 N–H and O–H groups in total. The zero-order valence-corrected chi connectivity index (χ0v) is 15.7. The van der Waals surface area contributed by atoms with E-state index in [1.54, 1.807) is 6.07 Å². The Morgan fingerprint density at radius 1 is 0.897 bits per heavy atom. The summed E-state index contributed by atoms with van der Waals surface area (Å²) in [6, 6.07) is 16.2. The molecular weight excluding hydrogens is 370 g/mol. The van der Waals surface area contributed by atoms with Crippen molar-refractivity contribution in [2.24, 2.45) is 0 Å². The Morgan fingerprint density at radius 2 is 1.79 bits per heavy atom. The van der Waals surface area contributed by atoms with Crippen molar-refractivity contribution >= 4 is 10.9 Å². The molecule has 0 bridgehead atoms. The van der Waals surface area contributed by atoms with Crippen molar-refractivity contribution in [1.82, 2.24) is 9.97 Å². The van der Waals surface area contributed by atoms with E-state index in [4.69, 9.17) is 4.74 Å². The summed E-state index contributed by atoms with van der Waals surface area (Å²) in [5.41, 5.74) is 5.80. The average Bonchev–Trinajstić information content (AvgIpc) is 2.92. The van der Waals surface area contributed by atoms with Gasteiger partial charge in [-0.3, -0.25) is 9.97 Å². The van der Waals surface area contributed by atoms with Crippen LogP contribution in [0.5, 0.6) is 5.75 Å². The molecule has 1 aliphatic heterocycles. The van der Waals surface area contributed by atoms with Gasteiger partial charge in [0.25, 0.3) is 0 Å². The van der Waals surface area contributed by atoms with Crippen molar-refractivity contribution in [2.45, 2.75) is 25.9 Å². The Hall–Kier alpha value is -3.34. The highest BCUT2D eigenvalue weighted by atomic mass is 19.2. The van der Waals surface area contributed by atoms with Gasteiger partial charge in [-0.15, -0.1) is 0 Å². The minimum absolute atomic E-state index is 0.472. The molecule has 2 aromatic carbocycles. The van der Waals surface area contributed by atoms with Gasteiger partial charge in [0.15, 0.2) is 11.6 Å². The standard InChI is InChI=1S/C24H18F2N2O/c25-20-11-16-5-7-19(28-23(16)13-21(20)26)6-3-15-4-8-24-18(10-15)12-22-17(14-29-24)2-1-9-27-22/h1-2,4-5,7-11,13H,3,6,12,14H2. The number of aryl methyl sites for hydroxylation is 2. The molecule has 0 amide bonds. The van der Waals surface area contributed by atoms with Crippen molar-refractivity contribution in [3.8, 4) is 5.75 Å². The van der Waals surface area contributed by atoms with Gasteiger partial charge in [0, 0.05) is 40.9 Å². The molecule has 0 saturated carbocycles. The number of aromatic nitrogens is 2. The number of hydrogen-bond acceptors (Lipinski definition) is 3. The van der Waals surface area contributed by atoms with E-state index < -0.39 is 11.6 Å². The van der Waals surface area contributed by atoms with Crippen molar-refractivity contribution in [1.29, 1.82) is 0 Å². The Bertz CT molecular complexity index is 1220. The molecule has 3 nitrogen and oxygen atoms in total. The first-order valence-electron chi connectivity index (χ1n) is 9.58. The molecule has 4 aromatic rings. The van der Waals surface area contributed by atoms with Crippen LogP contribution in [0.3, 0.4) is 0 Å². The summed E-state index contributed by atoms with van der Waals surface area (Å²) in [5.74, 6) is -0.829. The molecule has 144 valence electrons. The average molecular weight is 388 g/mol. The predicted octanol–water partition coefficient (Wildman–Crippen LogP) is 5.18. The fourth-order valence-electron chi connectivity index (χ4n) is 3.74. The second kappa shape index (κ2) is 7.24. The molecule has 5 heteroatoms. The fraction of sp³-hybridized carbons (Fsp3) is 0.167. The molecule has 0 radical (unpaired) electrons. The summed E-state index contributed by atoms with van der Waals surface area (Å²) in [5, 5.41) is 0.598. The van der Waals surface area contributed by atoms with Gasteiger partial charge in [-0.05, 0) is 42.7 Å². The van der Waals surface area contributed by atoms with Crippen LogP contribution in [0.25, 0.3) is 10.9 Å². The Morgan fingerprint density at radius 3 is 2.72 bits per heavy atom. The highest BCUT2D eigenvalue weighted by Gasteiger charge is 2.15. The summed E-state index contributed by atoms with van der Waals surface area (Å²) >= 11 is 0. The van der Waals surface area contributed by atoms with Crippen LogP contribution in [0, 0.1) is 11.6 Å². The maximum absolute atomic E-state index is 13.5. The lowest BCUT2D eigenvalue weighted by Gasteiger charge is -2.09. The number of benzene rings is 2. The normalized spacial score (nSPS) is 12.8. The molecule has 29 heavy (non-hydrogen) atoms. The largest absolute Gasteiger partial charge is 0.489 e. The van der Waals surface area contributed by atoms with Gasteiger partial charge in [-0.2, -0.15) is 0 Å². The van der Waals surface area contributed by atoms with Crippen LogP contribution in [0.1, 0.15) is 28.1 Å². The van der Waals surface area contributed by atoms with Crippen molar-refractivity contribution in [3.63, 3.8) is 0 Å². The molecular formula is C24H18F2N2O. The number of halogens is 2. The lowest BCUT2D eigenvalue weighted by Crippen LogP contribution is -1.98. The summed E-state index contributed by atoms with van der Waals surface area (Å²) in [7, 11) is 0. The monoisotopic (exact) mass is 388 g/mol. The third kappa shape index (κ3) is 3.56. The van der Waals surface area contributed by atoms with Crippen molar-refractivity contribution < 1.29 is 13.5 Å². The predicted molar refractivity (Wildman–Crippen MR) is 107 cm³/mol. The third-order valence-electron chi connectivity index (χ3n) is 5.31. The van der Waals surface area contributed by atoms with Gasteiger partial charge < -0.3 is 4.74 Å². The van der Waals surface area contributed by atoms with Gasteiger partial charge in [-0.25, -0.2) is 8.78 Å². The van der Waals surface area contributed by atoms with E-state index in [2.05, 4.69) is 28.2 Å². The van der Waals surface area contributed by atoms with Crippen LogP contribution in [-0.4, -0.2) is 9.97 Å². The highest BCUT2D eigenvalue weighted by Crippen LogP contribution is 2.28. The second-order valence-corrected chi connectivity index (χ2v) is 7.28. The number of pyridine rings is 2. The molecule has 1 aliphatic rings. The molecule has 0 atom stereocenters. The number of hydrogen-bond donors (Lipinski definition) is 0. The Kier molecular flexibility index (Phi) is 4.43. The number of fused-ring (bicyclic) bond motifs is 3. The minimum Gasteiger partial charge on any atom is -0.489 e. The molecule has 2 aromatic heterocycles. The molecule has 0 fully saturated rings. The quantitative estimate of drug-likeness (QED) is 0.485. The fourth-order valence-corrected chi connectivity index (χ4v) is 3.74. The third-order valence-corrected chi connectivity index (χ3v) is 5.31. The lowest BCUT2D eigenvalue weighted by atomic mass is 10.0. The lowest BCUT2D eigenvalue weighted by molar-refractivity contribution is 0.306. The second-order valence-electron chi connectivity index (χ2n) is 7.28. The molecule has 0 spiro atoms. The van der Waals surface area contributed by atoms with Crippen LogP contribution in [0.15, 0.2) is 60.8 Å². The summed E-state index contributed by atoms with van der Waals surface area (Å²) in [6.07, 6.45) is 4.07. The SMILES string of the molecule is Fc1cc2ccc(CCc3ccc4c(c3)Cc3ncccc3CO4)nc2cc1F.